The van der Waals surface area contributed by atoms with Crippen LogP contribution >= 0.6 is 0 Å². The van der Waals surface area contributed by atoms with Crippen molar-refractivity contribution in [2.45, 2.75) is 19.1 Å². The van der Waals surface area contributed by atoms with Gasteiger partial charge in [0.25, 0.3) is 0 Å². The minimum absolute atomic E-state index is 0.0768. The molecular formula is C14H17NO4. The van der Waals surface area contributed by atoms with Crippen molar-refractivity contribution in [2.24, 2.45) is 0 Å². The lowest BCUT2D eigenvalue weighted by Gasteiger charge is -2.19. The number of esters is 1. The summed E-state index contributed by atoms with van der Waals surface area (Å²) in [6.07, 6.45) is -0.180. The number of amides is 1. The molecule has 1 heterocycles. The van der Waals surface area contributed by atoms with Crippen molar-refractivity contribution in [3.63, 3.8) is 0 Å². The Bertz CT molecular complexity index is 446. The van der Waals surface area contributed by atoms with E-state index in [0.29, 0.717) is 19.5 Å². The van der Waals surface area contributed by atoms with Crippen LogP contribution in [0.1, 0.15) is 12.0 Å². The second-order valence-corrected chi connectivity index (χ2v) is 4.41. The molecule has 0 radical (unpaired) electrons. The number of hydrogen-bond donors (Lipinski definition) is 0. The van der Waals surface area contributed by atoms with Gasteiger partial charge in [0, 0.05) is 19.5 Å². The highest BCUT2D eigenvalue weighted by Crippen LogP contribution is 2.12. The van der Waals surface area contributed by atoms with E-state index in [9.17, 15) is 9.59 Å². The average molecular weight is 263 g/mol. The number of carbonyl (C=O) groups excluding carboxylic acids is 2. The molecule has 1 amide bonds. The van der Waals surface area contributed by atoms with Crippen molar-refractivity contribution in [3.05, 3.63) is 35.9 Å². The molecule has 102 valence electrons. The van der Waals surface area contributed by atoms with Crippen LogP contribution < -0.4 is 0 Å². The van der Waals surface area contributed by atoms with E-state index in [4.69, 9.17) is 4.74 Å². The average Bonchev–Trinajstić information content (AvgIpc) is 2.62. The maximum atomic E-state index is 11.9. The first-order valence-corrected chi connectivity index (χ1v) is 6.22. The number of nitrogens with zero attached hydrogens (tertiary/aromatic N) is 1. The standard InChI is InChI=1S/C14H17NO4/c1-18-14(17)12-7-8-15(13(16)10-19-12)9-11-5-3-2-4-6-11/h2-6,12H,7-10H2,1H3. The van der Waals surface area contributed by atoms with Gasteiger partial charge in [-0.1, -0.05) is 30.3 Å². The van der Waals surface area contributed by atoms with Crippen molar-refractivity contribution in [1.29, 1.82) is 0 Å². The Hall–Kier alpha value is -1.88. The highest BCUT2D eigenvalue weighted by atomic mass is 16.6. The summed E-state index contributed by atoms with van der Waals surface area (Å²) in [4.78, 5) is 25.0. The molecule has 19 heavy (non-hydrogen) atoms. The summed E-state index contributed by atoms with van der Waals surface area (Å²) in [5.74, 6) is -0.524. The third-order valence-corrected chi connectivity index (χ3v) is 3.10. The normalized spacial score (nSPS) is 19.9. The molecule has 0 saturated carbocycles. The first-order valence-electron chi connectivity index (χ1n) is 6.22. The fourth-order valence-electron chi connectivity index (χ4n) is 2.03. The fraction of sp³-hybridized carbons (Fsp3) is 0.429. The van der Waals surface area contributed by atoms with Gasteiger partial charge in [-0.15, -0.1) is 0 Å². The van der Waals surface area contributed by atoms with Crippen LogP contribution in [-0.4, -0.2) is 43.1 Å². The summed E-state index contributed by atoms with van der Waals surface area (Å²) in [6.45, 7) is 0.955. The molecule has 5 heteroatoms. The third kappa shape index (κ3) is 3.54. The zero-order valence-electron chi connectivity index (χ0n) is 10.9. The molecule has 1 aliphatic rings. The maximum absolute atomic E-state index is 11.9. The molecule has 1 aromatic rings. The quantitative estimate of drug-likeness (QED) is 0.763. The number of benzene rings is 1. The summed E-state index contributed by atoms with van der Waals surface area (Å²) in [6, 6.07) is 9.74. The van der Waals surface area contributed by atoms with Crippen molar-refractivity contribution >= 4 is 11.9 Å². The van der Waals surface area contributed by atoms with Gasteiger partial charge in [0.2, 0.25) is 5.91 Å². The molecule has 2 rings (SSSR count). The topological polar surface area (TPSA) is 55.8 Å². The summed E-state index contributed by atoms with van der Waals surface area (Å²) in [5.41, 5.74) is 1.06. The molecule has 1 unspecified atom stereocenters. The van der Waals surface area contributed by atoms with Gasteiger partial charge in [-0.2, -0.15) is 0 Å². The molecule has 0 bridgehead atoms. The minimum atomic E-state index is -0.644. The Kier molecular flexibility index (Phi) is 4.52. The van der Waals surface area contributed by atoms with Crippen LogP contribution in [0.25, 0.3) is 0 Å². The smallest absolute Gasteiger partial charge is 0.335 e. The molecule has 0 spiro atoms. The van der Waals surface area contributed by atoms with E-state index in [1.54, 1.807) is 4.90 Å². The van der Waals surface area contributed by atoms with Crippen molar-refractivity contribution in [3.8, 4) is 0 Å². The summed E-state index contributed by atoms with van der Waals surface area (Å²) in [7, 11) is 1.32. The van der Waals surface area contributed by atoms with Crippen molar-refractivity contribution in [2.75, 3.05) is 20.3 Å². The number of methoxy groups -OCH3 is 1. The zero-order chi connectivity index (χ0) is 13.7. The first kappa shape index (κ1) is 13.5. The molecule has 5 nitrogen and oxygen atoms in total. The molecule has 1 atom stereocenters. The molecule has 1 fully saturated rings. The van der Waals surface area contributed by atoms with Crippen molar-refractivity contribution in [1.82, 2.24) is 4.90 Å². The first-order chi connectivity index (χ1) is 9.20. The Labute approximate surface area is 112 Å². The van der Waals surface area contributed by atoms with Crippen LogP contribution in [0, 0.1) is 0 Å². The van der Waals surface area contributed by atoms with Crippen LogP contribution in [0.3, 0.4) is 0 Å². The van der Waals surface area contributed by atoms with Gasteiger partial charge in [0.15, 0.2) is 6.10 Å². The zero-order valence-corrected chi connectivity index (χ0v) is 10.9. The third-order valence-electron chi connectivity index (χ3n) is 3.10. The molecule has 1 saturated heterocycles. The lowest BCUT2D eigenvalue weighted by atomic mass is 10.2. The summed E-state index contributed by atoms with van der Waals surface area (Å²) in [5, 5.41) is 0. The molecule has 0 N–H and O–H groups in total. The van der Waals surface area contributed by atoms with Crippen LogP contribution in [0.2, 0.25) is 0 Å². The molecule has 0 aromatic heterocycles. The van der Waals surface area contributed by atoms with E-state index in [1.165, 1.54) is 7.11 Å². The van der Waals surface area contributed by atoms with Gasteiger partial charge in [0.05, 0.1) is 7.11 Å². The number of hydrogen-bond acceptors (Lipinski definition) is 4. The second kappa shape index (κ2) is 6.33. The largest absolute Gasteiger partial charge is 0.467 e. The predicted octanol–water partition coefficient (Wildman–Crippen LogP) is 0.977. The molecule has 0 aliphatic carbocycles. The van der Waals surface area contributed by atoms with Crippen LogP contribution in [0.4, 0.5) is 0 Å². The Morgan fingerprint density at radius 2 is 2.16 bits per heavy atom. The molecular weight excluding hydrogens is 246 g/mol. The number of rotatable bonds is 3. The molecule has 1 aliphatic heterocycles. The predicted molar refractivity (Wildman–Crippen MR) is 68.2 cm³/mol. The molecule has 1 aromatic carbocycles. The van der Waals surface area contributed by atoms with E-state index in [0.717, 1.165) is 5.56 Å². The van der Waals surface area contributed by atoms with E-state index in [-0.39, 0.29) is 12.5 Å². The van der Waals surface area contributed by atoms with Crippen LogP contribution in [-0.2, 0) is 25.6 Å². The Morgan fingerprint density at radius 3 is 2.84 bits per heavy atom. The van der Waals surface area contributed by atoms with E-state index >= 15 is 0 Å². The van der Waals surface area contributed by atoms with Gasteiger partial charge in [0.1, 0.15) is 6.61 Å². The van der Waals surface area contributed by atoms with E-state index in [1.807, 2.05) is 30.3 Å². The Balaban J connectivity index is 1.99. The highest BCUT2D eigenvalue weighted by molar-refractivity contribution is 5.80. The highest BCUT2D eigenvalue weighted by Gasteiger charge is 2.27. The lowest BCUT2D eigenvalue weighted by Crippen LogP contribution is -2.32. The van der Waals surface area contributed by atoms with Gasteiger partial charge in [-0.25, -0.2) is 4.79 Å². The SMILES string of the molecule is COC(=O)C1CCN(Cc2ccccc2)C(=O)CO1. The summed E-state index contributed by atoms with van der Waals surface area (Å²) < 4.78 is 9.91. The van der Waals surface area contributed by atoms with Gasteiger partial charge < -0.3 is 14.4 Å². The van der Waals surface area contributed by atoms with Crippen LogP contribution in [0.15, 0.2) is 30.3 Å². The lowest BCUT2D eigenvalue weighted by molar-refractivity contribution is -0.154. The van der Waals surface area contributed by atoms with E-state index in [2.05, 4.69) is 4.74 Å². The fourth-order valence-corrected chi connectivity index (χ4v) is 2.03. The van der Waals surface area contributed by atoms with Gasteiger partial charge in [-0.05, 0) is 5.56 Å². The van der Waals surface area contributed by atoms with Crippen LogP contribution in [0.5, 0.6) is 0 Å². The van der Waals surface area contributed by atoms with Crippen molar-refractivity contribution < 1.29 is 19.1 Å². The summed E-state index contributed by atoms with van der Waals surface area (Å²) >= 11 is 0. The van der Waals surface area contributed by atoms with Gasteiger partial charge >= 0.3 is 5.97 Å². The van der Waals surface area contributed by atoms with Gasteiger partial charge in [-0.3, -0.25) is 4.79 Å². The Morgan fingerprint density at radius 1 is 1.42 bits per heavy atom. The minimum Gasteiger partial charge on any atom is -0.467 e. The number of carbonyl (C=O) groups is 2. The monoisotopic (exact) mass is 263 g/mol. The maximum Gasteiger partial charge on any atom is 0.335 e. The second-order valence-electron chi connectivity index (χ2n) is 4.41. The van der Waals surface area contributed by atoms with E-state index < -0.39 is 12.1 Å². The number of ether oxygens (including phenoxy) is 2.